The SMILES string of the molecule is Cc1cc(N)cc(S(=O)(=O)Nc2ccc3c(c2)OCO3)c1. The van der Waals surface area contributed by atoms with Crippen molar-refractivity contribution < 1.29 is 17.9 Å². The topological polar surface area (TPSA) is 90.7 Å². The number of nitrogen functional groups attached to an aromatic ring is 1. The molecule has 110 valence electrons. The van der Waals surface area contributed by atoms with Crippen molar-refractivity contribution in [3.05, 3.63) is 42.0 Å². The summed E-state index contributed by atoms with van der Waals surface area (Å²) in [4.78, 5) is 0.123. The summed E-state index contributed by atoms with van der Waals surface area (Å²) in [5.74, 6) is 1.11. The van der Waals surface area contributed by atoms with Gasteiger partial charge in [0.05, 0.1) is 10.6 Å². The molecule has 1 heterocycles. The van der Waals surface area contributed by atoms with Crippen molar-refractivity contribution in [2.75, 3.05) is 17.2 Å². The minimum atomic E-state index is -3.70. The zero-order valence-corrected chi connectivity index (χ0v) is 12.1. The van der Waals surface area contributed by atoms with E-state index in [0.29, 0.717) is 22.9 Å². The van der Waals surface area contributed by atoms with E-state index in [2.05, 4.69) is 4.72 Å². The molecule has 21 heavy (non-hydrogen) atoms. The number of sulfonamides is 1. The van der Waals surface area contributed by atoms with Crippen LogP contribution in [0.5, 0.6) is 11.5 Å². The molecule has 0 aromatic heterocycles. The summed E-state index contributed by atoms with van der Waals surface area (Å²) >= 11 is 0. The second kappa shape index (κ2) is 4.85. The Bertz CT molecular complexity index is 782. The van der Waals surface area contributed by atoms with Gasteiger partial charge in [0.15, 0.2) is 11.5 Å². The molecule has 0 unspecified atom stereocenters. The van der Waals surface area contributed by atoms with Gasteiger partial charge in [-0.2, -0.15) is 0 Å². The average molecular weight is 306 g/mol. The Hall–Kier alpha value is -2.41. The number of nitrogens with one attached hydrogen (secondary N) is 1. The Kier molecular flexibility index (Phi) is 3.13. The second-order valence-corrected chi connectivity index (χ2v) is 6.44. The Balaban J connectivity index is 1.92. The second-order valence-electron chi connectivity index (χ2n) is 4.75. The van der Waals surface area contributed by atoms with E-state index < -0.39 is 10.0 Å². The summed E-state index contributed by atoms with van der Waals surface area (Å²) in [5.41, 5.74) is 7.28. The minimum absolute atomic E-state index is 0.123. The summed E-state index contributed by atoms with van der Waals surface area (Å²) in [7, 11) is -3.70. The minimum Gasteiger partial charge on any atom is -0.454 e. The lowest BCUT2D eigenvalue weighted by Gasteiger charge is -2.10. The highest BCUT2D eigenvalue weighted by Gasteiger charge is 2.18. The highest BCUT2D eigenvalue weighted by molar-refractivity contribution is 7.92. The summed E-state index contributed by atoms with van der Waals surface area (Å²) in [6.45, 7) is 1.93. The van der Waals surface area contributed by atoms with Gasteiger partial charge in [-0.1, -0.05) is 0 Å². The van der Waals surface area contributed by atoms with Gasteiger partial charge < -0.3 is 15.2 Å². The number of ether oxygens (including phenoxy) is 2. The van der Waals surface area contributed by atoms with Gasteiger partial charge >= 0.3 is 0 Å². The van der Waals surface area contributed by atoms with Gasteiger partial charge in [0, 0.05) is 11.8 Å². The number of hydrogen-bond acceptors (Lipinski definition) is 5. The Morgan fingerprint density at radius 1 is 1.10 bits per heavy atom. The maximum absolute atomic E-state index is 12.4. The maximum Gasteiger partial charge on any atom is 0.261 e. The third kappa shape index (κ3) is 2.73. The molecule has 0 saturated carbocycles. The Morgan fingerprint density at radius 3 is 2.62 bits per heavy atom. The van der Waals surface area contributed by atoms with Crippen LogP contribution in [0.4, 0.5) is 11.4 Å². The van der Waals surface area contributed by atoms with Crippen LogP contribution in [0.15, 0.2) is 41.3 Å². The Morgan fingerprint density at radius 2 is 1.86 bits per heavy atom. The molecule has 0 amide bonds. The molecule has 0 saturated heterocycles. The molecular weight excluding hydrogens is 292 g/mol. The number of hydrogen-bond donors (Lipinski definition) is 2. The standard InChI is InChI=1S/C14H14N2O4S/c1-9-4-10(15)6-12(5-9)21(17,18)16-11-2-3-13-14(7-11)20-8-19-13/h2-7,16H,8,15H2,1H3. The predicted molar refractivity (Wildman–Crippen MR) is 79.0 cm³/mol. The summed E-state index contributed by atoms with van der Waals surface area (Å²) in [5, 5.41) is 0. The maximum atomic E-state index is 12.4. The molecule has 2 aromatic carbocycles. The van der Waals surface area contributed by atoms with Crippen LogP contribution < -0.4 is 19.9 Å². The van der Waals surface area contributed by atoms with E-state index in [1.54, 1.807) is 37.3 Å². The normalized spacial score (nSPS) is 13.2. The number of benzene rings is 2. The third-order valence-corrected chi connectivity index (χ3v) is 4.37. The number of aryl methyl sites for hydroxylation is 1. The summed E-state index contributed by atoms with van der Waals surface area (Å²) in [6.07, 6.45) is 0. The smallest absolute Gasteiger partial charge is 0.261 e. The van der Waals surface area contributed by atoms with Gasteiger partial charge in [-0.15, -0.1) is 0 Å². The fourth-order valence-corrected chi connectivity index (χ4v) is 3.29. The van der Waals surface area contributed by atoms with E-state index in [9.17, 15) is 8.42 Å². The van der Waals surface area contributed by atoms with Gasteiger partial charge in [-0.3, -0.25) is 4.72 Å². The number of anilines is 2. The molecule has 3 rings (SSSR count). The van der Waals surface area contributed by atoms with Gasteiger partial charge in [0.2, 0.25) is 6.79 Å². The first-order valence-corrected chi connectivity index (χ1v) is 7.72. The van der Waals surface area contributed by atoms with E-state index in [-0.39, 0.29) is 11.7 Å². The third-order valence-electron chi connectivity index (χ3n) is 3.01. The molecule has 7 heteroatoms. The van der Waals surface area contributed by atoms with E-state index in [1.807, 2.05) is 0 Å². The molecule has 0 radical (unpaired) electrons. The molecular formula is C14H14N2O4S. The van der Waals surface area contributed by atoms with Crippen LogP contribution in [-0.4, -0.2) is 15.2 Å². The molecule has 0 spiro atoms. The molecule has 6 nitrogen and oxygen atoms in total. The van der Waals surface area contributed by atoms with E-state index >= 15 is 0 Å². The van der Waals surface area contributed by atoms with Gasteiger partial charge in [-0.05, 0) is 42.8 Å². The highest BCUT2D eigenvalue weighted by atomic mass is 32.2. The van der Waals surface area contributed by atoms with Crippen LogP contribution in [0.3, 0.4) is 0 Å². The van der Waals surface area contributed by atoms with Crippen molar-refractivity contribution in [1.82, 2.24) is 0 Å². The predicted octanol–water partition coefficient (Wildman–Crippen LogP) is 2.11. The monoisotopic (exact) mass is 306 g/mol. The molecule has 0 aliphatic carbocycles. The van der Waals surface area contributed by atoms with Crippen molar-refractivity contribution >= 4 is 21.4 Å². The van der Waals surface area contributed by atoms with Crippen LogP contribution in [0.1, 0.15) is 5.56 Å². The quantitative estimate of drug-likeness (QED) is 0.848. The van der Waals surface area contributed by atoms with Crippen molar-refractivity contribution in [2.24, 2.45) is 0 Å². The lowest BCUT2D eigenvalue weighted by Crippen LogP contribution is -2.13. The molecule has 3 N–H and O–H groups in total. The molecule has 2 aromatic rings. The fourth-order valence-electron chi connectivity index (χ4n) is 2.11. The molecule has 0 fully saturated rings. The van der Waals surface area contributed by atoms with Gasteiger partial charge in [-0.25, -0.2) is 8.42 Å². The van der Waals surface area contributed by atoms with Crippen LogP contribution in [0.25, 0.3) is 0 Å². The lowest BCUT2D eigenvalue weighted by atomic mass is 10.2. The van der Waals surface area contributed by atoms with Crippen molar-refractivity contribution in [2.45, 2.75) is 11.8 Å². The first kappa shape index (κ1) is 13.6. The molecule has 0 bridgehead atoms. The average Bonchev–Trinajstić information content (AvgIpc) is 2.84. The highest BCUT2D eigenvalue weighted by Crippen LogP contribution is 2.34. The fraction of sp³-hybridized carbons (Fsp3) is 0.143. The molecule has 1 aliphatic rings. The van der Waals surface area contributed by atoms with Crippen LogP contribution in [0, 0.1) is 6.92 Å². The zero-order chi connectivity index (χ0) is 15.0. The number of nitrogens with two attached hydrogens (primary N) is 1. The van der Waals surface area contributed by atoms with E-state index in [4.69, 9.17) is 15.2 Å². The Labute approximate surface area is 122 Å². The largest absolute Gasteiger partial charge is 0.454 e. The van der Waals surface area contributed by atoms with E-state index in [0.717, 1.165) is 5.56 Å². The van der Waals surface area contributed by atoms with E-state index in [1.165, 1.54) is 6.07 Å². The van der Waals surface area contributed by atoms with Crippen molar-refractivity contribution in [1.29, 1.82) is 0 Å². The van der Waals surface area contributed by atoms with Crippen LogP contribution in [-0.2, 0) is 10.0 Å². The molecule has 1 aliphatic heterocycles. The molecule has 0 atom stereocenters. The van der Waals surface area contributed by atoms with Crippen molar-refractivity contribution in [3.8, 4) is 11.5 Å². The van der Waals surface area contributed by atoms with Crippen molar-refractivity contribution in [3.63, 3.8) is 0 Å². The first-order chi connectivity index (χ1) is 9.94. The number of rotatable bonds is 3. The first-order valence-electron chi connectivity index (χ1n) is 6.24. The summed E-state index contributed by atoms with van der Waals surface area (Å²) in [6, 6.07) is 9.54. The number of fused-ring (bicyclic) bond motifs is 1. The van der Waals surface area contributed by atoms with Gasteiger partial charge in [0.1, 0.15) is 0 Å². The zero-order valence-electron chi connectivity index (χ0n) is 11.3. The van der Waals surface area contributed by atoms with Crippen LogP contribution >= 0.6 is 0 Å². The van der Waals surface area contributed by atoms with Gasteiger partial charge in [0.25, 0.3) is 10.0 Å². The lowest BCUT2D eigenvalue weighted by molar-refractivity contribution is 0.174. The van der Waals surface area contributed by atoms with Crippen LogP contribution in [0.2, 0.25) is 0 Å². The summed E-state index contributed by atoms with van der Waals surface area (Å²) < 4.78 is 37.6.